The van der Waals surface area contributed by atoms with Crippen LogP contribution in [0.1, 0.15) is 39.0 Å². The maximum absolute atomic E-state index is 11.6. The third kappa shape index (κ3) is 2.92. The molecule has 2 rings (SSSR count). The topological polar surface area (TPSA) is 35.5 Å². The maximum Gasteiger partial charge on any atom is 0.155 e. The Labute approximate surface area is 116 Å². The molecule has 2 aliphatic carbocycles. The Morgan fingerprint density at radius 2 is 2.16 bits per heavy atom. The predicted molar refractivity (Wildman–Crippen MR) is 75.0 cm³/mol. The summed E-state index contributed by atoms with van der Waals surface area (Å²) in [6, 6.07) is 0. The van der Waals surface area contributed by atoms with Crippen LogP contribution in [0.4, 0.5) is 0 Å². The zero-order chi connectivity index (χ0) is 13.9. The molecule has 3 atom stereocenters. The van der Waals surface area contributed by atoms with Crippen LogP contribution in [0.2, 0.25) is 0 Å². The zero-order valence-electron chi connectivity index (χ0n) is 12.4. The fourth-order valence-electron chi connectivity index (χ4n) is 4.03. The number of fused-ring (bicyclic) bond motifs is 1. The summed E-state index contributed by atoms with van der Waals surface area (Å²) < 4.78 is 10.7. The first kappa shape index (κ1) is 14.7. The Kier molecular flexibility index (Phi) is 4.80. The van der Waals surface area contributed by atoms with E-state index in [2.05, 4.69) is 6.92 Å². The first-order chi connectivity index (χ1) is 9.11. The van der Waals surface area contributed by atoms with Crippen molar-refractivity contribution in [3.8, 4) is 0 Å². The summed E-state index contributed by atoms with van der Waals surface area (Å²) in [7, 11) is 3.53. The van der Waals surface area contributed by atoms with E-state index in [0.717, 1.165) is 32.5 Å². The SMILES string of the molecule is COCC[C@H](COC)[C@@H]1CCC2=CC(=O)CC[C@]21C. The molecule has 108 valence electrons. The van der Waals surface area contributed by atoms with Crippen molar-refractivity contribution >= 4 is 5.78 Å². The van der Waals surface area contributed by atoms with E-state index in [1.54, 1.807) is 14.2 Å². The summed E-state index contributed by atoms with van der Waals surface area (Å²) >= 11 is 0. The smallest absolute Gasteiger partial charge is 0.155 e. The molecule has 0 aromatic carbocycles. The monoisotopic (exact) mass is 266 g/mol. The number of methoxy groups -OCH3 is 2. The Morgan fingerprint density at radius 3 is 2.84 bits per heavy atom. The number of ketones is 1. The van der Waals surface area contributed by atoms with Crippen molar-refractivity contribution in [2.75, 3.05) is 27.4 Å². The highest BCUT2D eigenvalue weighted by Crippen LogP contribution is 2.55. The fraction of sp³-hybridized carbons (Fsp3) is 0.812. The molecule has 2 aliphatic rings. The summed E-state index contributed by atoms with van der Waals surface area (Å²) in [6.07, 6.45) is 6.96. The highest BCUT2D eigenvalue weighted by molar-refractivity contribution is 5.91. The van der Waals surface area contributed by atoms with Crippen LogP contribution >= 0.6 is 0 Å². The van der Waals surface area contributed by atoms with Gasteiger partial charge in [0, 0.05) is 33.9 Å². The molecular weight excluding hydrogens is 240 g/mol. The second kappa shape index (κ2) is 6.19. The highest BCUT2D eigenvalue weighted by Gasteiger charge is 2.47. The van der Waals surface area contributed by atoms with Crippen molar-refractivity contribution in [2.24, 2.45) is 17.3 Å². The summed E-state index contributed by atoms with van der Waals surface area (Å²) in [6.45, 7) is 3.93. The molecule has 19 heavy (non-hydrogen) atoms. The lowest BCUT2D eigenvalue weighted by atomic mass is 9.66. The fourth-order valence-corrected chi connectivity index (χ4v) is 4.03. The largest absolute Gasteiger partial charge is 0.385 e. The van der Waals surface area contributed by atoms with Crippen LogP contribution in [0.25, 0.3) is 0 Å². The van der Waals surface area contributed by atoms with Gasteiger partial charge in [-0.2, -0.15) is 0 Å². The van der Waals surface area contributed by atoms with E-state index in [4.69, 9.17) is 9.47 Å². The van der Waals surface area contributed by atoms with Crippen molar-refractivity contribution in [3.63, 3.8) is 0 Å². The van der Waals surface area contributed by atoms with Gasteiger partial charge in [-0.25, -0.2) is 0 Å². The molecule has 0 N–H and O–H groups in total. The van der Waals surface area contributed by atoms with Crippen LogP contribution in [0.15, 0.2) is 11.6 Å². The lowest BCUT2D eigenvalue weighted by Crippen LogP contribution is -2.34. The summed E-state index contributed by atoms with van der Waals surface area (Å²) in [4.78, 5) is 11.6. The second-order valence-electron chi connectivity index (χ2n) is 6.20. The van der Waals surface area contributed by atoms with E-state index in [-0.39, 0.29) is 5.41 Å². The van der Waals surface area contributed by atoms with E-state index in [0.29, 0.717) is 24.0 Å². The molecule has 0 saturated heterocycles. The van der Waals surface area contributed by atoms with Crippen LogP contribution < -0.4 is 0 Å². The molecule has 3 nitrogen and oxygen atoms in total. The number of hydrogen-bond donors (Lipinski definition) is 0. The van der Waals surface area contributed by atoms with Gasteiger partial charge in [0.15, 0.2) is 5.78 Å². The highest BCUT2D eigenvalue weighted by atomic mass is 16.5. The molecule has 0 aliphatic heterocycles. The Bertz CT molecular complexity index is 361. The number of allylic oxidation sites excluding steroid dienone is 2. The molecule has 3 heteroatoms. The van der Waals surface area contributed by atoms with Gasteiger partial charge in [0.1, 0.15) is 0 Å². The van der Waals surface area contributed by atoms with E-state index in [1.807, 2.05) is 6.08 Å². The van der Waals surface area contributed by atoms with Gasteiger partial charge in [-0.3, -0.25) is 4.79 Å². The number of ether oxygens (including phenoxy) is 2. The minimum absolute atomic E-state index is 0.213. The molecule has 0 heterocycles. The molecule has 0 bridgehead atoms. The first-order valence-electron chi connectivity index (χ1n) is 7.33. The third-order valence-electron chi connectivity index (χ3n) is 5.15. The van der Waals surface area contributed by atoms with Crippen LogP contribution in [0.5, 0.6) is 0 Å². The third-order valence-corrected chi connectivity index (χ3v) is 5.15. The molecule has 0 spiro atoms. The van der Waals surface area contributed by atoms with Gasteiger partial charge in [0.25, 0.3) is 0 Å². The zero-order valence-corrected chi connectivity index (χ0v) is 12.4. The van der Waals surface area contributed by atoms with Crippen molar-refractivity contribution in [1.29, 1.82) is 0 Å². The molecule has 0 aromatic rings. The quantitative estimate of drug-likeness (QED) is 0.741. The second-order valence-corrected chi connectivity index (χ2v) is 6.20. The summed E-state index contributed by atoms with van der Waals surface area (Å²) in [5.74, 6) is 1.48. The van der Waals surface area contributed by atoms with Gasteiger partial charge in [-0.15, -0.1) is 0 Å². The number of carbonyl (C=O) groups excluding carboxylic acids is 1. The van der Waals surface area contributed by atoms with Crippen LogP contribution in [-0.2, 0) is 14.3 Å². The minimum atomic E-state index is 0.213. The van der Waals surface area contributed by atoms with E-state index >= 15 is 0 Å². The molecule has 0 radical (unpaired) electrons. The van der Waals surface area contributed by atoms with Gasteiger partial charge in [0.05, 0.1) is 0 Å². The Balaban J connectivity index is 2.15. The predicted octanol–water partition coefficient (Wildman–Crippen LogP) is 2.99. The van der Waals surface area contributed by atoms with Gasteiger partial charge in [-0.05, 0) is 49.0 Å². The Hall–Kier alpha value is -0.670. The van der Waals surface area contributed by atoms with Crippen LogP contribution in [0, 0.1) is 17.3 Å². The normalized spacial score (nSPS) is 32.1. The molecule has 1 fully saturated rings. The molecule has 0 unspecified atom stereocenters. The van der Waals surface area contributed by atoms with E-state index in [9.17, 15) is 4.79 Å². The van der Waals surface area contributed by atoms with Gasteiger partial charge < -0.3 is 9.47 Å². The van der Waals surface area contributed by atoms with Crippen LogP contribution in [-0.4, -0.2) is 33.2 Å². The van der Waals surface area contributed by atoms with Crippen molar-refractivity contribution < 1.29 is 14.3 Å². The molecular formula is C16H26O3. The summed E-state index contributed by atoms with van der Waals surface area (Å²) in [5.41, 5.74) is 1.59. The van der Waals surface area contributed by atoms with Gasteiger partial charge >= 0.3 is 0 Å². The summed E-state index contributed by atoms with van der Waals surface area (Å²) in [5, 5.41) is 0. The van der Waals surface area contributed by atoms with Crippen molar-refractivity contribution in [2.45, 2.75) is 39.0 Å². The van der Waals surface area contributed by atoms with Crippen molar-refractivity contribution in [3.05, 3.63) is 11.6 Å². The average Bonchev–Trinajstić information content (AvgIpc) is 2.72. The van der Waals surface area contributed by atoms with Gasteiger partial charge in [-0.1, -0.05) is 12.5 Å². The first-order valence-corrected chi connectivity index (χ1v) is 7.33. The molecule has 1 saturated carbocycles. The lowest BCUT2D eigenvalue weighted by Gasteiger charge is -2.39. The molecule has 0 aromatic heterocycles. The van der Waals surface area contributed by atoms with E-state index in [1.165, 1.54) is 12.0 Å². The number of rotatable bonds is 6. The van der Waals surface area contributed by atoms with Crippen LogP contribution in [0.3, 0.4) is 0 Å². The molecule has 0 amide bonds. The lowest BCUT2D eigenvalue weighted by molar-refractivity contribution is -0.116. The standard InChI is InChI=1S/C16H26O3/c1-16-8-6-14(17)10-13(16)4-5-15(16)12(11-19-3)7-9-18-2/h10,12,15H,4-9,11H2,1-3H3/t12-,15+,16-/m1/s1. The van der Waals surface area contributed by atoms with E-state index < -0.39 is 0 Å². The minimum Gasteiger partial charge on any atom is -0.385 e. The van der Waals surface area contributed by atoms with Crippen molar-refractivity contribution in [1.82, 2.24) is 0 Å². The number of hydrogen-bond acceptors (Lipinski definition) is 3. The average molecular weight is 266 g/mol. The van der Waals surface area contributed by atoms with Gasteiger partial charge in [0.2, 0.25) is 0 Å². The maximum atomic E-state index is 11.6. The number of carbonyl (C=O) groups is 1. The Morgan fingerprint density at radius 1 is 1.37 bits per heavy atom.